The second-order valence-corrected chi connectivity index (χ2v) is 9.30. The van der Waals surface area contributed by atoms with Crippen LogP contribution < -0.4 is 10.6 Å². The van der Waals surface area contributed by atoms with Gasteiger partial charge in [0.05, 0.1) is 12.0 Å². The number of alkyl carbamates (subject to hydrolysis) is 1. The molecule has 1 saturated carbocycles. The Labute approximate surface area is 205 Å². The number of carbonyl (C=O) groups excluding carboxylic acids is 2. The molecular formula is C27H32N2O6. The minimum absolute atomic E-state index is 0.0875. The van der Waals surface area contributed by atoms with Crippen molar-refractivity contribution in [2.45, 2.75) is 56.7 Å². The van der Waals surface area contributed by atoms with E-state index in [9.17, 15) is 19.5 Å². The normalized spacial score (nSPS) is 20.7. The van der Waals surface area contributed by atoms with Crippen LogP contribution in [0, 0.1) is 5.92 Å². The van der Waals surface area contributed by atoms with Crippen LogP contribution in [-0.2, 0) is 19.1 Å². The molecule has 0 bridgehead atoms. The second kappa shape index (κ2) is 10.9. The fourth-order valence-electron chi connectivity index (χ4n) is 5.14. The third-order valence-corrected chi connectivity index (χ3v) is 7.11. The number of carboxylic acids is 1. The van der Waals surface area contributed by atoms with Gasteiger partial charge in [0.15, 0.2) is 0 Å². The van der Waals surface area contributed by atoms with Gasteiger partial charge in [-0.05, 0) is 48.4 Å². The van der Waals surface area contributed by atoms with E-state index in [4.69, 9.17) is 9.47 Å². The Morgan fingerprint density at radius 2 is 1.66 bits per heavy atom. The van der Waals surface area contributed by atoms with Gasteiger partial charge in [-0.3, -0.25) is 9.59 Å². The number of fused-ring (bicyclic) bond motifs is 3. The molecule has 0 aromatic heterocycles. The van der Waals surface area contributed by atoms with Gasteiger partial charge in [0.25, 0.3) is 0 Å². The van der Waals surface area contributed by atoms with Crippen molar-refractivity contribution < 1.29 is 29.0 Å². The zero-order chi connectivity index (χ0) is 24.9. The summed E-state index contributed by atoms with van der Waals surface area (Å²) in [7, 11) is 1.46. The number of amides is 2. The lowest BCUT2D eigenvalue weighted by atomic mass is 9.85. The van der Waals surface area contributed by atoms with Crippen LogP contribution in [0.1, 0.15) is 49.7 Å². The first-order valence-electron chi connectivity index (χ1n) is 12.1. The van der Waals surface area contributed by atoms with Crippen molar-refractivity contribution in [1.29, 1.82) is 0 Å². The quantitative estimate of drug-likeness (QED) is 0.531. The summed E-state index contributed by atoms with van der Waals surface area (Å²) in [4.78, 5) is 37.1. The van der Waals surface area contributed by atoms with E-state index >= 15 is 0 Å². The van der Waals surface area contributed by atoms with E-state index in [-0.39, 0.29) is 18.6 Å². The number of carbonyl (C=O) groups is 3. The number of benzene rings is 2. The van der Waals surface area contributed by atoms with E-state index < -0.39 is 36.0 Å². The number of methoxy groups -OCH3 is 1. The summed E-state index contributed by atoms with van der Waals surface area (Å²) in [6, 6.07) is 14.9. The molecule has 3 N–H and O–H groups in total. The van der Waals surface area contributed by atoms with Crippen LogP contribution in [0.5, 0.6) is 0 Å². The number of carboxylic acid groups (broad SMARTS) is 1. The Morgan fingerprint density at radius 1 is 1.03 bits per heavy atom. The third-order valence-electron chi connectivity index (χ3n) is 7.11. The maximum atomic E-state index is 13.0. The lowest BCUT2D eigenvalue weighted by molar-refractivity contribution is -0.143. The summed E-state index contributed by atoms with van der Waals surface area (Å²) in [5.74, 6) is -1.82. The maximum absolute atomic E-state index is 13.0. The van der Waals surface area contributed by atoms with Gasteiger partial charge in [-0.25, -0.2) is 4.79 Å². The molecule has 2 aliphatic carbocycles. The van der Waals surface area contributed by atoms with Gasteiger partial charge in [-0.15, -0.1) is 0 Å². The van der Waals surface area contributed by atoms with Crippen molar-refractivity contribution in [2.75, 3.05) is 13.7 Å². The van der Waals surface area contributed by atoms with Gasteiger partial charge in [-0.2, -0.15) is 0 Å². The van der Waals surface area contributed by atoms with Crippen molar-refractivity contribution in [3.8, 4) is 11.1 Å². The predicted molar refractivity (Wildman–Crippen MR) is 130 cm³/mol. The zero-order valence-corrected chi connectivity index (χ0v) is 20.0. The van der Waals surface area contributed by atoms with Crippen molar-refractivity contribution in [1.82, 2.24) is 10.6 Å². The van der Waals surface area contributed by atoms with E-state index in [1.807, 2.05) is 36.4 Å². The highest BCUT2D eigenvalue weighted by molar-refractivity contribution is 5.86. The van der Waals surface area contributed by atoms with Crippen LogP contribution in [-0.4, -0.2) is 55.0 Å². The van der Waals surface area contributed by atoms with Crippen molar-refractivity contribution in [2.24, 2.45) is 5.92 Å². The zero-order valence-electron chi connectivity index (χ0n) is 20.0. The fourth-order valence-corrected chi connectivity index (χ4v) is 5.14. The van der Waals surface area contributed by atoms with Gasteiger partial charge in [0, 0.05) is 19.1 Å². The first-order valence-corrected chi connectivity index (χ1v) is 12.1. The molecule has 4 atom stereocenters. The summed E-state index contributed by atoms with van der Waals surface area (Å²) in [6.07, 6.45) is 1.11. The van der Waals surface area contributed by atoms with Crippen molar-refractivity contribution in [3.63, 3.8) is 0 Å². The number of aliphatic carboxylic acids is 1. The second-order valence-electron chi connectivity index (χ2n) is 9.30. The Balaban J connectivity index is 1.39. The number of nitrogens with one attached hydrogen (secondary N) is 2. The SMILES string of the molecule is CO[C@H](C)[C@H](NC(=O)OCC1c2ccccc2-c2ccccc21)C(=O)NC1CCCC(C(=O)O)C1. The van der Waals surface area contributed by atoms with Gasteiger partial charge >= 0.3 is 12.1 Å². The average molecular weight is 481 g/mol. The smallest absolute Gasteiger partial charge is 0.407 e. The summed E-state index contributed by atoms with van der Waals surface area (Å²) >= 11 is 0. The highest BCUT2D eigenvalue weighted by Gasteiger charge is 2.34. The molecule has 2 aliphatic rings. The van der Waals surface area contributed by atoms with Crippen LogP contribution in [0.25, 0.3) is 11.1 Å². The van der Waals surface area contributed by atoms with E-state index in [1.165, 1.54) is 7.11 Å². The van der Waals surface area contributed by atoms with E-state index in [2.05, 4.69) is 22.8 Å². The minimum Gasteiger partial charge on any atom is -0.481 e. The minimum atomic E-state index is -0.971. The largest absolute Gasteiger partial charge is 0.481 e. The molecule has 2 unspecified atom stereocenters. The molecule has 0 heterocycles. The van der Waals surface area contributed by atoms with Gasteiger partial charge in [0.1, 0.15) is 12.6 Å². The van der Waals surface area contributed by atoms with Gasteiger partial charge in [-0.1, -0.05) is 55.0 Å². The highest BCUT2D eigenvalue weighted by Crippen LogP contribution is 2.44. The Hall–Kier alpha value is -3.39. The molecule has 8 nitrogen and oxygen atoms in total. The average Bonchev–Trinajstić information content (AvgIpc) is 3.19. The van der Waals surface area contributed by atoms with E-state index in [0.717, 1.165) is 28.7 Å². The molecule has 0 radical (unpaired) electrons. The Bertz CT molecular complexity index is 1040. The predicted octanol–water partition coefficient (Wildman–Crippen LogP) is 3.69. The van der Waals surface area contributed by atoms with Crippen molar-refractivity contribution >= 4 is 18.0 Å². The first-order chi connectivity index (χ1) is 16.9. The molecule has 4 rings (SSSR count). The summed E-state index contributed by atoms with van der Waals surface area (Å²) < 4.78 is 10.9. The molecule has 0 aliphatic heterocycles. The first kappa shape index (κ1) is 24.7. The van der Waals surface area contributed by atoms with Crippen LogP contribution in [0.3, 0.4) is 0 Å². The molecule has 186 valence electrons. The highest BCUT2D eigenvalue weighted by atomic mass is 16.5. The molecule has 2 aromatic rings. The molecule has 8 heteroatoms. The maximum Gasteiger partial charge on any atom is 0.407 e. The molecular weight excluding hydrogens is 448 g/mol. The fraction of sp³-hybridized carbons (Fsp3) is 0.444. The lowest BCUT2D eigenvalue weighted by Gasteiger charge is -2.30. The molecule has 0 saturated heterocycles. The van der Waals surface area contributed by atoms with Crippen LogP contribution >= 0.6 is 0 Å². The summed E-state index contributed by atoms with van der Waals surface area (Å²) in [5.41, 5.74) is 4.47. The number of hydrogen-bond donors (Lipinski definition) is 3. The molecule has 35 heavy (non-hydrogen) atoms. The van der Waals surface area contributed by atoms with Crippen LogP contribution in [0.15, 0.2) is 48.5 Å². The molecule has 2 aromatic carbocycles. The molecule has 2 amide bonds. The van der Waals surface area contributed by atoms with Gasteiger partial charge < -0.3 is 25.2 Å². The summed E-state index contributed by atoms with van der Waals surface area (Å²) in [6.45, 7) is 1.83. The van der Waals surface area contributed by atoms with Crippen molar-refractivity contribution in [3.05, 3.63) is 59.7 Å². The lowest BCUT2D eigenvalue weighted by Crippen LogP contribution is -2.55. The molecule has 1 fully saturated rings. The molecule has 0 spiro atoms. The monoisotopic (exact) mass is 480 g/mol. The van der Waals surface area contributed by atoms with Crippen LogP contribution in [0.2, 0.25) is 0 Å². The Kier molecular flexibility index (Phi) is 7.70. The number of ether oxygens (including phenoxy) is 2. The van der Waals surface area contributed by atoms with E-state index in [0.29, 0.717) is 19.3 Å². The number of rotatable bonds is 8. The standard InChI is InChI=1S/C27H32N2O6/c1-16(34-2)24(25(30)28-18-9-7-8-17(14-18)26(31)32)29-27(33)35-15-23-21-12-5-3-10-19(21)20-11-4-6-13-22(20)23/h3-6,10-13,16-18,23-24H,7-9,14-15H2,1-2H3,(H,28,30)(H,29,33)(H,31,32)/t16-,17?,18?,24+/m1/s1. The Morgan fingerprint density at radius 3 is 2.26 bits per heavy atom. The number of hydrogen-bond acceptors (Lipinski definition) is 5. The topological polar surface area (TPSA) is 114 Å². The summed E-state index contributed by atoms with van der Waals surface area (Å²) in [5, 5.41) is 14.9. The third kappa shape index (κ3) is 5.48. The van der Waals surface area contributed by atoms with Gasteiger partial charge in [0.2, 0.25) is 5.91 Å². The van der Waals surface area contributed by atoms with Crippen LogP contribution in [0.4, 0.5) is 4.79 Å². The van der Waals surface area contributed by atoms with E-state index in [1.54, 1.807) is 6.92 Å².